The van der Waals surface area contributed by atoms with Crippen molar-refractivity contribution < 1.29 is 47.2 Å². The number of nitrogens with one attached hydrogen (secondary N) is 1. The molecule has 0 aliphatic rings. The van der Waals surface area contributed by atoms with Crippen LogP contribution in [0.25, 0.3) is 28.3 Å². The summed E-state index contributed by atoms with van der Waals surface area (Å²) in [6.07, 6.45) is -5.35. The van der Waals surface area contributed by atoms with Crippen LogP contribution >= 0.6 is 11.6 Å². The van der Waals surface area contributed by atoms with Crippen LogP contribution in [0.1, 0.15) is 54.5 Å². The maximum Gasteiger partial charge on any atom is 0.573 e. The van der Waals surface area contributed by atoms with Crippen LogP contribution < -0.4 is 10.1 Å². The summed E-state index contributed by atoms with van der Waals surface area (Å²) < 4.78 is 57.9. The number of carboxylic acids is 1. The molecule has 0 aliphatic carbocycles. The monoisotopic (exact) mass is 688 g/mol. The van der Waals surface area contributed by atoms with Crippen molar-refractivity contribution >= 4 is 29.6 Å². The molecular formula is C35H33ClF4N2O6. The Hall–Kier alpha value is -4.65. The fourth-order valence-corrected chi connectivity index (χ4v) is 5.54. The number of aliphatic hydroxyl groups is 2. The van der Waals surface area contributed by atoms with E-state index in [0.717, 1.165) is 6.07 Å². The number of hydrogen-bond donors (Lipinski definition) is 4. The zero-order valence-corrected chi connectivity index (χ0v) is 26.6. The molecule has 1 heterocycles. The summed E-state index contributed by atoms with van der Waals surface area (Å²) >= 11 is 6.02. The van der Waals surface area contributed by atoms with Crippen molar-refractivity contribution in [1.82, 2.24) is 9.88 Å². The van der Waals surface area contributed by atoms with Crippen molar-refractivity contribution in [3.63, 3.8) is 0 Å². The van der Waals surface area contributed by atoms with E-state index in [1.165, 1.54) is 30.3 Å². The second-order valence-corrected chi connectivity index (χ2v) is 11.6. The zero-order valence-electron chi connectivity index (χ0n) is 25.8. The topological polar surface area (TPSA) is 121 Å². The third-order valence-electron chi connectivity index (χ3n) is 7.25. The number of carbonyl (C=O) groups excluding carboxylic acids is 1. The largest absolute Gasteiger partial charge is 0.573 e. The lowest BCUT2D eigenvalue weighted by molar-refractivity contribution is -0.274. The molecule has 1 amide bonds. The molecule has 0 unspecified atom stereocenters. The second-order valence-electron chi connectivity index (χ2n) is 11.2. The Labute approximate surface area is 278 Å². The van der Waals surface area contributed by atoms with Gasteiger partial charge in [0.2, 0.25) is 0 Å². The molecule has 1 aromatic heterocycles. The zero-order chi connectivity index (χ0) is 35.2. The van der Waals surface area contributed by atoms with Gasteiger partial charge in [0.1, 0.15) is 17.3 Å². The number of rotatable bonds is 13. The number of nitrogens with zero attached hydrogens (tertiary/aromatic N) is 1. The van der Waals surface area contributed by atoms with Gasteiger partial charge in [-0.05, 0) is 60.9 Å². The normalized spacial score (nSPS) is 13.1. The van der Waals surface area contributed by atoms with Gasteiger partial charge in [-0.15, -0.1) is 13.2 Å². The standard InChI is InChI=1S/C35H33ClF4N2O6/c1-20(2)42-28(14-13-25(43)17-26(44)18-30(45)46)31(23-9-11-24(37)12-10-23)32(22-6-4-3-5-7-22)33(42)34(47)41-19-21-8-15-29(27(36)16-21)48-35(38,39)40/h3-16,20,25-26,43-44H,17-19H2,1-2H3,(H,41,47)(H,45,46)/b14-13+/t25-,26-/m1/s1. The van der Waals surface area contributed by atoms with Gasteiger partial charge in [-0.3, -0.25) is 9.59 Å². The predicted molar refractivity (Wildman–Crippen MR) is 173 cm³/mol. The molecular weight excluding hydrogens is 656 g/mol. The Morgan fingerprint density at radius 1 is 0.979 bits per heavy atom. The minimum absolute atomic E-state index is 0.112. The highest BCUT2D eigenvalue weighted by molar-refractivity contribution is 6.32. The van der Waals surface area contributed by atoms with E-state index in [4.69, 9.17) is 16.7 Å². The number of hydrogen-bond acceptors (Lipinski definition) is 5. The van der Waals surface area contributed by atoms with Crippen LogP contribution in [0.3, 0.4) is 0 Å². The molecule has 13 heteroatoms. The van der Waals surface area contributed by atoms with Gasteiger partial charge in [-0.1, -0.05) is 66.2 Å². The van der Waals surface area contributed by atoms with E-state index in [0.29, 0.717) is 33.5 Å². The van der Waals surface area contributed by atoms with Gasteiger partial charge in [0.15, 0.2) is 0 Å². The highest BCUT2D eigenvalue weighted by Gasteiger charge is 2.32. The Balaban J connectivity index is 1.84. The first-order chi connectivity index (χ1) is 22.6. The minimum atomic E-state index is -4.93. The number of alkyl halides is 3. The van der Waals surface area contributed by atoms with Crippen molar-refractivity contribution in [2.45, 2.75) is 57.8 Å². The van der Waals surface area contributed by atoms with Crippen molar-refractivity contribution in [2.24, 2.45) is 0 Å². The van der Waals surface area contributed by atoms with Gasteiger partial charge in [0.25, 0.3) is 5.91 Å². The molecule has 0 saturated carbocycles. The smallest absolute Gasteiger partial charge is 0.481 e. The second kappa shape index (κ2) is 15.5. The predicted octanol–water partition coefficient (Wildman–Crippen LogP) is 7.62. The number of benzene rings is 3. The fraction of sp³-hybridized carbons (Fsp3) is 0.257. The molecule has 4 N–H and O–H groups in total. The first-order valence-electron chi connectivity index (χ1n) is 14.8. The van der Waals surface area contributed by atoms with E-state index in [1.54, 1.807) is 53.1 Å². The van der Waals surface area contributed by atoms with Crippen molar-refractivity contribution in [3.05, 3.63) is 107 Å². The summed E-state index contributed by atoms with van der Waals surface area (Å²) in [5, 5.41) is 32.2. The molecule has 3 aromatic carbocycles. The van der Waals surface area contributed by atoms with Crippen LogP contribution in [-0.4, -0.2) is 50.3 Å². The third-order valence-corrected chi connectivity index (χ3v) is 7.54. The van der Waals surface area contributed by atoms with Gasteiger partial charge in [-0.2, -0.15) is 0 Å². The Kier molecular flexibility index (Phi) is 11.7. The van der Waals surface area contributed by atoms with E-state index in [1.807, 2.05) is 13.8 Å². The van der Waals surface area contributed by atoms with Gasteiger partial charge in [0, 0.05) is 35.8 Å². The molecule has 0 fully saturated rings. The molecule has 48 heavy (non-hydrogen) atoms. The fourth-order valence-electron chi connectivity index (χ4n) is 5.30. The number of aliphatic hydroxyl groups excluding tert-OH is 2. The molecule has 8 nitrogen and oxygen atoms in total. The van der Waals surface area contributed by atoms with Gasteiger partial charge < -0.3 is 29.9 Å². The van der Waals surface area contributed by atoms with Gasteiger partial charge in [0.05, 0.1) is 23.7 Å². The minimum Gasteiger partial charge on any atom is -0.481 e. The summed E-state index contributed by atoms with van der Waals surface area (Å²) in [5.41, 5.74) is 3.28. The van der Waals surface area contributed by atoms with E-state index < -0.39 is 48.4 Å². The van der Waals surface area contributed by atoms with Crippen molar-refractivity contribution in [3.8, 4) is 28.0 Å². The van der Waals surface area contributed by atoms with Crippen molar-refractivity contribution in [2.75, 3.05) is 0 Å². The molecule has 254 valence electrons. The Bertz CT molecular complexity index is 1770. The number of amides is 1. The van der Waals surface area contributed by atoms with E-state index in [2.05, 4.69) is 10.1 Å². The lowest BCUT2D eigenvalue weighted by atomic mass is 9.94. The van der Waals surface area contributed by atoms with Gasteiger partial charge in [-0.25, -0.2) is 4.39 Å². The number of carboxylic acid groups (broad SMARTS) is 1. The van der Waals surface area contributed by atoms with E-state index in [-0.39, 0.29) is 29.7 Å². The molecule has 2 atom stereocenters. The number of carbonyl (C=O) groups is 2. The van der Waals surface area contributed by atoms with Crippen molar-refractivity contribution in [1.29, 1.82) is 0 Å². The first-order valence-corrected chi connectivity index (χ1v) is 15.2. The number of aromatic nitrogens is 1. The number of ether oxygens (including phenoxy) is 1. The first kappa shape index (κ1) is 36.2. The summed E-state index contributed by atoms with van der Waals surface area (Å²) in [5.74, 6) is -2.83. The molecule has 0 aliphatic heterocycles. The maximum absolute atomic E-state index is 14.2. The average Bonchev–Trinajstić information content (AvgIpc) is 3.35. The van der Waals surface area contributed by atoms with Crippen LogP contribution in [-0.2, 0) is 11.3 Å². The third kappa shape index (κ3) is 9.24. The van der Waals surface area contributed by atoms with Crippen LogP contribution in [0.4, 0.5) is 17.6 Å². The highest BCUT2D eigenvalue weighted by Crippen LogP contribution is 2.42. The lowest BCUT2D eigenvalue weighted by Crippen LogP contribution is -2.27. The quantitative estimate of drug-likeness (QED) is 0.107. The Morgan fingerprint density at radius 3 is 2.21 bits per heavy atom. The van der Waals surface area contributed by atoms with Crippen LogP contribution in [0.2, 0.25) is 5.02 Å². The maximum atomic E-state index is 14.2. The molecule has 0 saturated heterocycles. The van der Waals surface area contributed by atoms with E-state index >= 15 is 0 Å². The van der Waals surface area contributed by atoms with E-state index in [9.17, 15) is 37.4 Å². The average molecular weight is 689 g/mol. The SMILES string of the molecule is CC(C)n1c(/C=C/[C@@H](O)C[C@@H](O)CC(=O)O)c(-c2ccc(F)cc2)c(-c2ccccc2)c1C(=O)NCc1ccc(OC(F)(F)F)c(Cl)c1. The number of aliphatic carboxylic acids is 1. The summed E-state index contributed by atoms with van der Waals surface area (Å²) in [6.45, 7) is 3.56. The molecule has 4 aromatic rings. The van der Waals surface area contributed by atoms with Gasteiger partial charge >= 0.3 is 12.3 Å². The molecule has 0 bridgehead atoms. The van der Waals surface area contributed by atoms with Crippen LogP contribution in [0.15, 0.2) is 78.9 Å². The molecule has 0 spiro atoms. The number of halogens is 5. The molecule has 4 rings (SSSR count). The molecule has 0 radical (unpaired) electrons. The summed E-state index contributed by atoms with van der Waals surface area (Å²) in [7, 11) is 0. The lowest BCUT2D eigenvalue weighted by Gasteiger charge is -2.17. The highest BCUT2D eigenvalue weighted by atomic mass is 35.5. The Morgan fingerprint density at radius 2 is 1.62 bits per heavy atom. The van der Waals surface area contributed by atoms with Crippen LogP contribution in [0, 0.1) is 5.82 Å². The summed E-state index contributed by atoms with van der Waals surface area (Å²) in [4.78, 5) is 25.2. The summed E-state index contributed by atoms with van der Waals surface area (Å²) in [6, 6.07) is 17.9. The van der Waals surface area contributed by atoms with Crippen LogP contribution in [0.5, 0.6) is 5.75 Å².